The Hall–Kier alpha value is -1.65. The molecule has 0 amide bonds. The summed E-state index contributed by atoms with van der Waals surface area (Å²) in [5.41, 5.74) is 2.03. The molecule has 4 heteroatoms. The molecule has 1 aliphatic rings. The number of hydrogen-bond acceptors (Lipinski definition) is 2. The number of rotatable bonds is 6. The molecular weight excluding hydrogens is 267 g/mol. The Bertz CT molecular complexity index is 589. The van der Waals surface area contributed by atoms with E-state index in [1.54, 1.807) is 12.1 Å². The van der Waals surface area contributed by atoms with Crippen molar-refractivity contribution in [2.45, 2.75) is 31.5 Å². The molecule has 0 radical (unpaired) electrons. The summed E-state index contributed by atoms with van der Waals surface area (Å²) in [4.78, 5) is 2.32. The topological polar surface area (TPSA) is 28.4 Å². The number of aryl methyl sites for hydroxylation is 1. The highest BCUT2D eigenvalue weighted by atomic mass is 19.1. The van der Waals surface area contributed by atoms with Crippen molar-refractivity contribution in [1.82, 2.24) is 9.47 Å². The molecule has 1 unspecified atom stereocenters. The van der Waals surface area contributed by atoms with Crippen LogP contribution in [0.3, 0.4) is 0 Å². The lowest BCUT2D eigenvalue weighted by molar-refractivity contribution is 0.104. The van der Waals surface area contributed by atoms with Gasteiger partial charge >= 0.3 is 0 Å². The first kappa shape index (κ1) is 14.3. The number of aromatic nitrogens is 1. The summed E-state index contributed by atoms with van der Waals surface area (Å²) in [7, 11) is 2.01. The van der Waals surface area contributed by atoms with Crippen LogP contribution in [0.15, 0.2) is 42.7 Å². The minimum atomic E-state index is -0.574. The maximum atomic E-state index is 12.9. The molecule has 1 aromatic carbocycles. The predicted molar refractivity (Wildman–Crippen MR) is 80.2 cm³/mol. The fourth-order valence-electron chi connectivity index (χ4n) is 2.68. The summed E-state index contributed by atoms with van der Waals surface area (Å²) >= 11 is 0. The van der Waals surface area contributed by atoms with E-state index in [4.69, 9.17) is 0 Å². The number of aliphatic hydroxyl groups excluding tert-OH is 1. The average Bonchev–Trinajstić information content (AvgIpc) is 3.23. The van der Waals surface area contributed by atoms with Crippen molar-refractivity contribution in [2.75, 3.05) is 6.54 Å². The highest BCUT2D eigenvalue weighted by Gasteiger charge is 2.30. The van der Waals surface area contributed by atoms with Crippen LogP contribution in [0.5, 0.6) is 0 Å². The molecule has 1 aromatic heterocycles. The van der Waals surface area contributed by atoms with Gasteiger partial charge < -0.3 is 9.67 Å². The quantitative estimate of drug-likeness (QED) is 0.885. The van der Waals surface area contributed by atoms with Crippen LogP contribution in [0, 0.1) is 5.82 Å². The number of nitrogens with zero attached hydrogens (tertiary/aromatic N) is 2. The molecule has 0 aliphatic heterocycles. The van der Waals surface area contributed by atoms with Gasteiger partial charge in [0.1, 0.15) is 5.82 Å². The summed E-state index contributed by atoms with van der Waals surface area (Å²) < 4.78 is 15.0. The molecule has 112 valence electrons. The van der Waals surface area contributed by atoms with Gasteiger partial charge in [-0.3, -0.25) is 4.90 Å². The largest absolute Gasteiger partial charge is 0.387 e. The smallest absolute Gasteiger partial charge is 0.123 e. The Morgan fingerprint density at radius 3 is 2.57 bits per heavy atom. The van der Waals surface area contributed by atoms with Crippen LogP contribution in [0.25, 0.3) is 0 Å². The summed E-state index contributed by atoms with van der Waals surface area (Å²) in [6.45, 7) is 1.44. The second-order valence-electron chi connectivity index (χ2n) is 5.91. The van der Waals surface area contributed by atoms with Gasteiger partial charge in [-0.15, -0.1) is 0 Å². The summed E-state index contributed by atoms with van der Waals surface area (Å²) in [5, 5.41) is 10.4. The minimum absolute atomic E-state index is 0.269. The van der Waals surface area contributed by atoms with Crippen LogP contribution in [0.1, 0.15) is 30.1 Å². The normalized spacial score (nSPS) is 16.4. The lowest BCUT2D eigenvalue weighted by Gasteiger charge is -2.24. The standard InChI is InChI=1S/C17H21FN2O/c1-19-9-8-13(10-19)11-20(16-6-7-16)12-17(21)14-2-4-15(18)5-3-14/h2-5,8-10,16-17,21H,6-7,11-12H2,1H3. The van der Waals surface area contributed by atoms with Crippen molar-refractivity contribution in [1.29, 1.82) is 0 Å². The Balaban J connectivity index is 1.66. The molecular formula is C17H21FN2O. The maximum absolute atomic E-state index is 12.9. The lowest BCUT2D eigenvalue weighted by atomic mass is 10.1. The fraction of sp³-hybridized carbons (Fsp3) is 0.412. The van der Waals surface area contributed by atoms with E-state index >= 15 is 0 Å². The molecule has 1 saturated carbocycles. The zero-order valence-corrected chi connectivity index (χ0v) is 12.2. The van der Waals surface area contributed by atoms with Crippen molar-refractivity contribution >= 4 is 0 Å². The molecule has 3 rings (SSSR count). The van der Waals surface area contributed by atoms with E-state index in [2.05, 4.69) is 17.2 Å². The van der Waals surface area contributed by atoms with Gasteiger partial charge in [0.25, 0.3) is 0 Å². The second kappa shape index (κ2) is 6.00. The molecule has 1 N–H and O–H groups in total. The molecule has 21 heavy (non-hydrogen) atoms. The molecule has 0 saturated heterocycles. The van der Waals surface area contributed by atoms with Crippen LogP contribution in [-0.2, 0) is 13.6 Å². The van der Waals surface area contributed by atoms with Gasteiger partial charge in [-0.05, 0) is 42.2 Å². The Morgan fingerprint density at radius 1 is 1.29 bits per heavy atom. The van der Waals surface area contributed by atoms with Crippen LogP contribution in [0.2, 0.25) is 0 Å². The van der Waals surface area contributed by atoms with E-state index in [0.717, 1.165) is 12.1 Å². The van der Waals surface area contributed by atoms with Crippen molar-refractivity contribution in [2.24, 2.45) is 7.05 Å². The van der Waals surface area contributed by atoms with E-state index in [0.29, 0.717) is 12.6 Å². The minimum Gasteiger partial charge on any atom is -0.387 e. The van der Waals surface area contributed by atoms with E-state index in [-0.39, 0.29) is 5.82 Å². The average molecular weight is 288 g/mol. The van der Waals surface area contributed by atoms with Crippen molar-refractivity contribution in [3.63, 3.8) is 0 Å². The first-order chi connectivity index (χ1) is 10.1. The zero-order chi connectivity index (χ0) is 14.8. The van der Waals surface area contributed by atoms with Gasteiger partial charge in [-0.1, -0.05) is 12.1 Å². The molecule has 1 fully saturated rings. The van der Waals surface area contributed by atoms with Gasteiger partial charge in [0.15, 0.2) is 0 Å². The van der Waals surface area contributed by atoms with E-state index in [1.807, 2.05) is 17.8 Å². The first-order valence-electron chi connectivity index (χ1n) is 7.40. The number of aliphatic hydroxyl groups is 1. The third-order valence-electron chi connectivity index (χ3n) is 4.00. The Morgan fingerprint density at radius 2 is 2.00 bits per heavy atom. The second-order valence-corrected chi connectivity index (χ2v) is 5.91. The number of halogens is 1. The van der Waals surface area contributed by atoms with Crippen molar-refractivity contribution < 1.29 is 9.50 Å². The summed E-state index contributed by atoms with van der Waals surface area (Å²) in [6.07, 6.45) is 5.97. The highest BCUT2D eigenvalue weighted by molar-refractivity contribution is 5.19. The van der Waals surface area contributed by atoms with Crippen molar-refractivity contribution in [3.05, 3.63) is 59.7 Å². The van der Waals surface area contributed by atoms with Gasteiger partial charge in [0, 0.05) is 38.6 Å². The third-order valence-corrected chi connectivity index (χ3v) is 4.00. The van der Waals surface area contributed by atoms with E-state index in [9.17, 15) is 9.50 Å². The molecule has 0 spiro atoms. The number of hydrogen-bond donors (Lipinski definition) is 1. The van der Waals surface area contributed by atoms with Gasteiger partial charge in [0.05, 0.1) is 6.10 Å². The lowest BCUT2D eigenvalue weighted by Crippen LogP contribution is -2.30. The third kappa shape index (κ3) is 3.71. The van der Waals surface area contributed by atoms with Crippen LogP contribution in [-0.4, -0.2) is 27.2 Å². The monoisotopic (exact) mass is 288 g/mol. The molecule has 1 aliphatic carbocycles. The zero-order valence-electron chi connectivity index (χ0n) is 12.2. The van der Waals surface area contributed by atoms with Crippen molar-refractivity contribution in [3.8, 4) is 0 Å². The molecule has 2 aromatic rings. The van der Waals surface area contributed by atoms with Crippen LogP contribution < -0.4 is 0 Å². The van der Waals surface area contributed by atoms with Crippen LogP contribution >= 0.6 is 0 Å². The molecule has 1 atom stereocenters. The fourth-order valence-corrected chi connectivity index (χ4v) is 2.68. The number of benzene rings is 1. The summed E-state index contributed by atoms with van der Waals surface area (Å²) in [5.74, 6) is -0.269. The Kier molecular flexibility index (Phi) is 4.08. The Labute approximate surface area is 124 Å². The van der Waals surface area contributed by atoms with E-state index < -0.39 is 6.10 Å². The van der Waals surface area contributed by atoms with Crippen LogP contribution in [0.4, 0.5) is 4.39 Å². The maximum Gasteiger partial charge on any atom is 0.123 e. The SMILES string of the molecule is Cn1ccc(CN(CC(O)c2ccc(F)cc2)C2CC2)c1. The molecule has 0 bridgehead atoms. The van der Waals surface area contributed by atoms with E-state index in [1.165, 1.54) is 30.5 Å². The predicted octanol–water partition coefficient (Wildman–Crippen LogP) is 2.86. The van der Waals surface area contributed by atoms with Gasteiger partial charge in [0.2, 0.25) is 0 Å². The molecule has 3 nitrogen and oxygen atoms in total. The molecule has 1 heterocycles. The highest BCUT2D eigenvalue weighted by Crippen LogP contribution is 2.30. The summed E-state index contributed by atoms with van der Waals surface area (Å²) in [6, 6.07) is 8.80. The first-order valence-corrected chi connectivity index (χ1v) is 7.40. The van der Waals surface area contributed by atoms with Gasteiger partial charge in [-0.2, -0.15) is 0 Å². The van der Waals surface area contributed by atoms with Gasteiger partial charge in [-0.25, -0.2) is 4.39 Å².